The van der Waals surface area contributed by atoms with Gasteiger partial charge in [-0.2, -0.15) is 0 Å². The number of ether oxygens (including phenoxy) is 1. The van der Waals surface area contributed by atoms with Gasteiger partial charge in [0.05, 0.1) is 21.5 Å². The van der Waals surface area contributed by atoms with Crippen LogP contribution in [0.5, 0.6) is 5.75 Å². The molecule has 3 aromatic carbocycles. The lowest BCUT2D eigenvalue weighted by Gasteiger charge is -2.14. The van der Waals surface area contributed by atoms with Crippen LogP contribution in [0.15, 0.2) is 71.3 Å². The average Bonchev–Trinajstić information content (AvgIpc) is 3.63. The lowest BCUT2D eigenvalue weighted by Crippen LogP contribution is -2.07. The van der Waals surface area contributed by atoms with E-state index in [9.17, 15) is 9.90 Å². The zero-order valence-electron chi connectivity index (χ0n) is 19.0. The Morgan fingerprint density at radius 3 is 2.40 bits per heavy atom. The van der Waals surface area contributed by atoms with Crippen LogP contribution in [0, 0.1) is 0 Å². The van der Waals surface area contributed by atoms with Gasteiger partial charge >= 0.3 is 5.97 Å². The monoisotopic (exact) mass is 507 g/mol. The molecule has 1 saturated carbocycles. The number of nitrogens with zero attached hydrogens (tertiary/aromatic N) is 1. The van der Waals surface area contributed by atoms with Crippen LogP contribution in [-0.2, 0) is 11.4 Å². The molecule has 1 unspecified atom stereocenters. The van der Waals surface area contributed by atoms with Crippen LogP contribution in [0.3, 0.4) is 0 Å². The summed E-state index contributed by atoms with van der Waals surface area (Å²) in [6.45, 7) is 1.92. The molecule has 1 fully saturated rings. The molecule has 1 aromatic heterocycles. The Kier molecular flexibility index (Phi) is 6.54. The van der Waals surface area contributed by atoms with Crippen molar-refractivity contribution in [2.45, 2.75) is 38.2 Å². The number of benzene rings is 3. The summed E-state index contributed by atoms with van der Waals surface area (Å²) in [6.07, 6.45) is 2.10. The zero-order valence-corrected chi connectivity index (χ0v) is 20.5. The standard InChI is InChI=1S/C28H23Cl2NO4/c1-16(28(32)33)17-9-11-18(12-10-17)20-5-2-3-8-24(20)34-15-21-26(31-35-27(21)19-13-14-19)25-22(29)6-4-7-23(25)30/h2-12,16,19H,13-15H2,1H3,(H,32,33). The van der Waals surface area contributed by atoms with E-state index in [0.717, 1.165) is 40.9 Å². The van der Waals surface area contributed by atoms with Gasteiger partial charge in [-0.1, -0.05) is 76.9 Å². The molecule has 5 rings (SSSR count). The van der Waals surface area contributed by atoms with Crippen LogP contribution < -0.4 is 4.74 Å². The molecule has 35 heavy (non-hydrogen) atoms. The normalized spacial score (nSPS) is 14.0. The summed E-state index contributed by atoms with van der Waals surface area (Å²) in [7, 11) is 0. The maximum Gasteiger partial charge on any atom is 0.310 e. The van der Waals surface area contributed by atoms with E-state index in [4.69, 9.17) is 32.5 Å². The van der Waals surface area contributed by atoms with Gasteiger partial charge in [-0.15, -0.1) is 0 Å². The number of hydrogen-bond acceptors (Lipinski definition) is 4. The summed E-state index contributed by atoms with van der Waals surface area (Å²) in [5.41, 5.74) is 4.68. The van der Waals surface area contributed by atoms with Gasteiger partial charge in [0.1, 0.15) is 23.8 Å². The fraction of sp³-hybridized carbons (Fsp3) is 0.214. The summed E-state index contributed by atoms with van der Waals surface area (Å²) in [6, 6.07) is 20.6. The fourth-order valence-corrected chi connectivity index (χ4v) is 4.70. The first kappa shape index (κ1) is 23.5. The van der Waals surface area contributed by atoms with Gasteiger partial charge in [-0.05, 0) is 49.1 Å². The Morgan fingerprint density at radius 2 is 1.74 bits per heavy atom. The summed E-state index contributed by atoms with van der Waals surface area (Å²) in [5.74, 6) is 0.428. The number of rotatable bonds is 8. The van der Waals surface area contributed by atoms with Gasteiger partial charge in [0.15, 0.2) is 0 Å². The summed E-state index contributed by atoms with van der Waals surface area (Å²) in [5, 5.41) is 14.6. The van der Waals surface area contributed by atoms with Crippen LogP contribution in [0.25, 0.3) is 22.4 Å². The molecule has 0 saturated heterocycles. The minimum absolute atomic E-state index is 0.247. The molecule has 1 aliphatic rings. The molecule has 1 N–H and O–H groups in total. The van der Waals surface area contributed by atoms with Crippen molar-refractivity contribution >= 4 is 29.2 Å². The third-order valence-electron chi connectivity index (χ3n) is 6.32. The second-order valence-corrected chi connectivity index (χ2v) is 9.53. The number of carbonyl (C=O) groups is 1. The molecule has 178 valence electrons. The van der Waals surface area contributed by atoms with E-state index in [1.807, 2.05) is 48.5 Å². The highest BCUT2D eigenvalue weighted by Crippen LogP contribution is 2.46. The lowest BCUT2D eigenvalue weighted by atomic mass is 9.97. The molecule has 1 aliphatic carbocycles. The van der Waals surface area contributed by atoms with Gasteiger partial charge in [0.25, 0.3) is 0 Å². The smallest absolute Gasteiger partial charge is 0.310 e. The quantitative estimate of drug-likeness (QED) is 0.261. The molecule has 5 nitrogen and oxygen atoms in total. The number of hydrogen-bond donors (Lipinski definition) is 1. The summed E-state index contributed by atoms with van der Waals surface area (Å²) in [4.78, 5) is 11.3. The van der Waals surface area contributed by atoms with Gasteiger partial charge in [0, 0.05) is 17.0 Å². The second kappa shape index (κ2) is 9.76. The second-order valence-electron chi connectivity index (χ2n) is 8.71. The number of para-hydroxylation sites is 1. The van der Waals surface area contributed by atoms with Gasteiger partial charge < -0.3 is 14.4 Å². The Balaban J connectivity index is 1.46. The minimum Gasteiger partial charge on any atom is -0.488 e. The molecular weight excluding hydrogens is 485 g/mol. The Labute approximate surface area is 213 Å². The van der Waals surface area contributed by atoms with Crippen LogP contribution in [0.2, 0.25) is 10.0 Å². The van der Waals surface area contributed by atoms with E-state index >= 15 is 0 Å². The molecule has 1 heterocycles. The molecular formula is C28H23Cl2NO4. The molecule has 7 heteroatoms. The summed E-state index contributed by atoms with van der Waals surface area (Å²) < 4.78 is 12.1. The third kappa shape index (κ3) is 4.79. The molecule has 0 spiro atoms. The highest BCUT2D eigenvalue weighted by Gasteiger charge is 2.33. The van der Waals surface area contributed by atoms with Crippen LogP contribution >= 0.6 is 23.2 Å². The number of carboxylic acids is 1. The van der Waals surface area contributed by atoms with Crippen LogP contribution in [0.1, 0.15) is 48.5 Å². The maximum absolute atomic E-state index is 11.3. The lowest BCUT2D eigenvalue weighted by molar-refractivity contribution is -0.138. The molecule has 0 bridgehead atoms. The third-order valence-corrected chi connectivity index (χ3v) is 6.95. The Bertz CT molecular complexity index is 1360. The van der Waals surface area contributed by atoms with Crippen LogP contribution in [-0.4, -0.2) is 16.2 Å². The average molecular weight is 508 g/mol. The van der Waals surface area contributed by atoms with E-state index in [0.29, 0.717) is 33.0 Å². The zero-order chi connectivity index (χ0) is 24.5. The largest absolute Gasteiger partial charge is 0.488 e. The predicted octanol–water partition coefficient (Wildman–Crippen LogP) is 7.96. The molecule has 0 radical (unpaired) electrons. The van der Waals surface area contributed by atoms with E-state index in [1.54, 1.807) is 25.1 Å². The summed E-state index contributed by atoms with van der Waals surface area (Å²) >= 11 is 12.9. The molecule has 0 aliphatic heterocycles. The van der Waals surface area contributed by atoms with Crippen molar-refractivity contribution in [3.63, 3.8) is 0 Å². The fourth-order valence-electron chi connectivity index (χ4n) is 4.12. The van der Waals surface area contributed by atoms with E-state index in [1.165, 1.54) is 0 Å². The highest BCUT2D eigenvalue weighted by molar-refractivity contribution is 6.39. The molecule has 4 aromatic rings. The van der Waals surface area contributed by atoms with E-state index in [-0.39, 0.29) is 6.61 Å². The predicted molar refractivity (Wildman–Crippen MR) is 136 cm³/mol. The first-order valence-electron chi connectivity index (χ1n) is 11.4. The SMILES string of the molecule is CC(C(=O)O)c1ccc(-c2ccccc2OCc2c(-c3c(Cl)cccc3Cl)noc2C2CC2)cc1. The van der Waals surface area contributed by atoms with Gasteiger partial charge in [0.2, 0.25) is 0 Å². The van der Waals surface area contributed by atoms with Crippen molar-refractivity contribution in [2.75, 3.05) is 0 Å². The van der Waals surface area contributed by atoms with Crippen molar-refractivity contribution in [3.05, 3.63) is 93.7 Å². The number of aromatic nitrogens is 1. The van der Waals surface area contributed by atoms with E-state index < -0.39 is 11.9 Å². The van der Waals surface area contributed by atoms with Crippen molar-refractivity contribution < 1.29 is 19.2 Å². The minimum atomic E-state index is -0.851. The van der Waals surface area contributed by atoms with Crippen molar-refractivity contribution in [1.29, 1.82) is 0 Å². The van der Waals surface area contributed by atoms with Gasteiger partial charge in [-0.25, -0.2) is 0 Å². The first-order valence-corrected chi connectivity index (χ1v) is 12.2. The number of halogens is 2. The highest BCUT2D eigenvalue weighted by atomic mass is 35.5. The number of aliphatic carboxylic acids is 1. The topological polar surface area (TPSA) is 72.6 Å². The van der Waals surface area contributed by atoms with Crippen molar-refractivity contribution in [3.8, 4) is 28.1 Å². The maximum atomic E-state index is 11.3. The Morgan fingerprint density at radius 1 is 1.06 bits per heavy atom. The molecule has 0 amide bonds. The Hall–Kier alpha value is -3.28. The molecule has 1 atom stereocenters. The van der Waals surface area contributed by atoms with Gasteiger partial charge in [-0.3, -0.25) is 4.79 Å². The van der Waals surface area contributed by atoms with Crippen molar-refractivity contribution in [2.24, 2.45) is 0 Å². The first-order chi connectivity index (χ1) is 16.9. The van der Waals surface area contributed by atoms with E-state index in [2.05, 4.69) is 5.16 Å². The van der Waals surface area contributed by atoms with Crippen LogP contribution in [0.4, 0.5) is 0 Å². The van der Waals surface area contributed by atoms with Crippen molar-refractivity contribution in [1.82, 2.24) is 5.16 Å². The number of carboxylic acid groups (broad SMARTS) is 1.